The van der Waals surface area contributed by atoms with Gasteiger partial charge in [-0.05, 0) is 94.2 Å². The van der Waals surface area contributed by atoms with Crippen molar-refractivity contribution in [3.05, 3.63) is 107 Å². The molecule has 0 radical (unpaired) electrons. The molecule has 0 nitrogen and oxygen atoms in total. The Morgan fingerprint density at radius 3 is 1.85 bits per heavy atom. The fourth-order valence-corrected chi connectivity index (χ4v) is 5.93. The first-order valence-electron chi connectivity index (χ1n) is 15.1. The zero-order valence-electron chi connectivity index (χ0n) is 26.7. The predicted molar refractivity (Wildman–Crippen MR) is 175 cm³/mol. The van der Waals surface area contributed by atoms with Crippen molar-refractivity contribution in [2.24, 2.45) is 22.7 Å². The molecule has 2 aromatic rings. The maximum absolute atomic E-state index is 4.63. The summed E-state index contributed by atoms with van der Waals surface area (Å²) in [6, 6.07) is 16.4. The molecule has 0 amide bonds. The second kappa shape index (κ2) is 12.3. The third-order valence-corrected chi connectivity index (χ3v) is 8.08. The van der Waals surface area contributed by atoms with Gasteiger partial charge in [0.05, 0.1) is 0 Å². The largest absolute Gasteiger partial charge is 0.0952 e. The Balaban J connectivity index is 1.82. The molecule has 1 aliphatic rings. The van der Waals surface area contributed by atoms with Gasteiger partial charge in [-0.15, -0.1) is 0 Å². The number of benzene rings is 2. The number of hydrogen-bond donors (Lipinski definition) is 0. The van der Waals surface area contributed by atoms with Gasteiger partial charge < -0.3 is 0 Å². The SMILES string of the molecule is C=C(C[C@@H](C)C1=CC(C)=CC1c1ccc(C(=C)C(C)CC)cc1)c1cc(CC(C)(C)C)cc(CC(C)(C)C)c1. The molecule has 3 rings (SSSR count). The molecule has 0 N–H and O–H groups in total. The minimum Gasteiger partial charge on any atom is -0.0952 e. The molecular weight excluding hydrogens is 468 g/mol. The molecule has 0 spiro atoms. The zero-order chi connectivity index (χ0) is 29.1. The second-order valence-corrected chi connectivity index (χ2v) is 14.7. The van der Waals surface area contributed by atoms with E-state index >= 15 is 0 Å². The maximum Gasteiger partial charge on any atom is 0.0239 e. The number of allylic oxidation sites excluding steroid dienone is 6. The van der Waals surface area contributed by atoms with Crippen LogP contribution in [0.5, 0.6) is 0 Å². The van der Waals surface area contributed by atoms with Crippen LogP contribution in [0.25, 0.3) is 11.1 Å². The highest BCUT2D eigenvalue weighted by Crippen LogP contribution is 2.41. The van der Waals surface area contributed by atoms with Gasteiger partial charge in [0, 0.05) is 5.92 Å². The standard InChI is InChI=1S/C39H54/c1-13-27(3)30(6)33-14-16-34(17-15-33)37-19-26(2)18-36(37)29(5)20-28(4)35-22-31(24-38(7,8)9)21-32(23-35)25-39(10,11)12/h14-19,21-23,27,29,37H,4,6,13,20,24-25H2,1-3,5,7-12H3/t27?,29-,37?/m1/s1. The van der Waals surface area contributed by atoms with Crippen molar-refractivity contribution in [2.75, 3.05) is 0 Å². The number of hydrogen-bond acceptors (Lipinski definition) is 0. The van der Waals surface area contributed by atoms with Crippen LogP contribution in [-0.2, 0) is 12.8 Å². The lowest BCUT2D eigenvalue weighted by molar-refractivity contribution is 0.405. The van der Waals surface area contributed by atoms with E-state index in [-0.39, 0.29) is 10.8 Å². The summed E-state index contributed by atoms with van der Waals surface area (Å²) in [6.45, 7) is 32.1. The van der Waals surface area contributed by atoms with Gasteiger partial charge >= 0.3 is 0 Å². The molecule has 0 saturated heterocycles. The molecule has 0 aromatic heterocycles. The summed E-state index contributed by atoms with van der Waals surface area (Å²) in [6.07, 6.45) is 9.10. The first kappa shape index (κ1) is 30.9. The van der Waals surface area contributed by atoms with Crippen molar-refractivity contribution < 1.29 is 0 Å². The normalized spacial score (nSPS) is 17.4. The van der Waals surface area contributed by atoms with Crippen LogP contribution in [0.4, 0.5) is 0 Å². The van der Waals surface area contributed by atoms with Gasteiger partial charge in [-0.1, -0.05) is 141 Å². The van der Waals surface area contributed by atoms with Crippen LogP contribution < -0.4 is 0 Å². The summed E-state index contributed by atoms with van der Waals surface area (Å²) in [7, 11) is 0. The van der Waals surface area contributed by atoms with Crippen molar-refractivity contribution in [2.45, 2.75) is 101 Å². The topological polar surface area (TPSA) is 0 Å². The van der Waals surface area contributed by atoms with E-state index < -0.39 is 0 Å². The Hall–Kier alpha value is -2.60. The Bertz CT molecular complexity index is 1200. The van der Waals surface area contributed by atoms with Crippen LogP contribution in [0.15, 0.2) is 78.9 Å². The van der Waals surface area contributed by atoms with Crippen LogP contribution in [0, 0.1) is 22.7 Å². The van der Waals surface area contributed by atoms with Gasteiger partial charge in [0.15, 0.2) is 0 Å². The van der Waals surface area contributed by atoms with Crippen LogP contribution in [0.3, 0.4) is 0 Å². The summed E-state index contributed by atoms with van der Waals surface area (Å²) in [5.41, 5.74) is 12.7. The summed E-state index contributed by atoms with van der Waals surface area (Å²) in [5.74, 6) is 1.27. The van der Waals surface area contributed by atoms with E-state index in [1.807, 2.05) is 0 Å². The van der Waals surface area contributed by atoms with Crippen molar-refractivity contribution in [3.63, 3.8) is 0 Å². The summed E-state index contributed by atoms with van der Waals surface area (Å²) in [4.78, 5) is 0. The van der Waals surface area contributed by atoms with Crippen molar-refractivity contribution in [1.82, 2.24) is 0 Å². The average molecular weight is 523 g/mol. The van der Waals surface area contributed by atoms with E-state index in [4.69, 9.17) is 0 Å². The summed E-state index contributed by atoms with van der Waals surface area (Å²) < 4.78 is 0. The van der Waals surface area contributed by atoms with E-state index in [0.717, 1.165) is 25.7 Å². The van der Waals surface area contributed by atoms with Gasteiger partial charge in [-0.2, -0.15) is 0 Å². The Morgan fingerprint density at radius 1 is 0.821 bits per heavy atom. The highest BCUT2D eigenvalue weighted by Gasteiger charge is 2.25. The van der Waals surface area contributed by atoms with E-state index in [1.165, 1.54) is 50.1 Å². The molecule has 210 valence electrons. The van der Waals surface area contributed by atoms with Crippen molar-refractivity contribution in [3.8, 4) is 0 Å². The molecule has 0 bridgehead atoms. The molecule has 0 heteroatoms. The van der Waals surface area contributed by atoms with Crippen LogP contribution in [-0.4, -0.2) is 0 Å². The summed E-state index contributed by atoms with van der Waals surface area (Å²) >= 11 is 0. The van der Waals surface area contributed by atoms with Gasteiger partial charge in [-0.3, -0.25) is 0 Å². The molecule has 1 aliphatic carbocycles. The van der Waals surface area contributed by atoms with Crippen molar-refractivity contribution >= 4 is 11.1 Å². The van der Waals surface area contributed by atoms with Gasteiger partial charge in [0.25, 0.3) is 0 Å². The van der Waals surface area contributed by atoms with Crippen molar-refractivity contribution in [1.29, 1.82) is 0 Å². The molecular formula is C39H54. The minimum atomic E-state index is 0.258. The van der Waals surface area contributed by atoms with Gasteiger partial charge in [0.2, 0.25) is 0 Å². The Kier molecular flexibility index (Phi) is 9.74. The fraction of sp³-hybridized carbons (Fsp3) is 0.487. The molecule has 2 unspecified atom stereocenters. The molecule has 3 atom stereocenters. The Morgan fingerprint density at radius 2 is 1.36 bits per heavy atom. The van der Waals surface area contributed by atoms with Crippen LogP contribution in [0.1, 0.15) is 116 Å². The molecule has 0 saturated carbocycles. The van der Waals surface area contributed by atoms with Crippen LogP contribution in [0.2, 0.25) is 0 Å². The van der Waals surface area contributed by atoms with E-state index in [0.29, 0.717) is 17.8 Å². The lowest BCUT2D eigenvalue weighted by atomic mass is 9.80. The lowest BCUT2D eigenvalue weighted by Crippen LogP contribution is -2.13. The molecule has 2 aromatic carbocycles. The molecule has 0 aliphatic heterocycles. The van der Waals surface area contributed by atoms with Crippen LogP contribution >= 0.6 is 0 Å². The fourth-order valence-electron chi connectivity index (χ4n) is 5.93. The Labute approximate surface area is 241 Å². The van der Waals surface area contributed by atoms with E-state index in [2.05, 4.69) is 137 Å². The van der Waals surface area contributed by atoms with E-state index in [1.54, 1.807) is 0 Å². The monoisotopic (exact) mass is 522 g/mol. The third-order valence-electron chi connectivity index (χ3n) is 8.08. The zero-order valence-corrected chi connectivity index (χ0v) is 26.7. The number of rotatable bonds is 10. The van der Waals surface area contributed by atoms with E-state index in [9.17, 15) is 0 Å². The highest BCUT2D eigenvalue weighted by molar-refractivity contribution is 5.67. The average Bonchev–Trinajstić information content (AvgIpc) is 3.22. The minimum absolute atomic E-state index is 0.258. The second-order valence-electron chi connectivity index (χ2n) is 14.7. The van der Waals surface area contributed by atoms with Gasteiger partial charge in [-0.25, -0.2) is 0 Å². The maximum atomic E-state index is 4.63. The molecule has 39 heavy (non-hydrogen) atoms. The van der Waals surface area contributed by atoms with Gasteiger partial charge in [0.1, 0.15) is 0 Å². The lowest BCUT2D eigenvalue weighted by Gasteiger charge is -2.24. The third kappa shape index (κ3) is 8.69. The first-order chi connectivity index (χ1) is 18.1. The molecule has 0 fully saturated rings. The summed E-state index contributed by atoms with van der Waals surface area (Å²) in [5, 5.41) is 0. The predicted octanol–water partition coefficient (Wildman–Crippen LogP) is 11.6. The molecule has 0 heterocycles. The first-order valence-corrected chi connectivity index (χ1v) is 15.1. The quantitative estimate of drug-likeness (QED) is 0.291. The smallest absolute Gasteiger partial charge is 0.0239 e. The highest BCUT2D eigenvalue weighted by atomic mass is 14.3.